The molecular weight excluding hydrogens is 248 g/mol. The zero-order valence-corrected chi connectivity index (χ0v) is 13.6. The summed E-state index contributed by atoms with van der Waals surface area (Å²) in [5.74, 6) is 2.26. The van der Waals surface area contributed by atoms with E-state index in [4.69, 9.17) is 0 Å². The van der Waals surface area contributed by atoms with Gasteiger partial charge in [-0.05, 0) is 70.7 Å². The molecule has 0 aliphatic carbocycles. The van der Waals surface area contributed by atoms with Gasteiger partial charge in [0.1, 0.15) is 5.78 Å². The molecule has 3 heteroatoms. The van der Waals surface area contributed by atoms with Crippen molar-refractivity contribution in [2.24, 2.45) is 17.8 Å². The SMILES string of the molecule is CC(C)CC(=O)C1CCN(CC2CCN(C)CC2)CC1. The minimum Gasteiger partial charge on any atom is -0.306 e. The monoisotopic (exact) mass is 280 g/mol. The van der Waals surface area contributed by atoms with Crippen molar-refractivity contribution in [3.8, 4) is 0 Å². The number of carbonyl (C=O) groups is 1. The maximum Gasteiger partial charge on any atom is 0.136 e. The standard InChI is InChI=1S/C17H32N2O/c1-14(2)12-17(20)16-6-10-19(11-7-16)13-15-4-8-18(3)9-5-15/h14-16H,4-13H2,1-3H3. The molecule has 0 N–H and O–H groups in total. The largest absolute Gasteiger partial charge is 0.306 e. The Kier molecular flexibility index (Phi) is 6.03. The van der Waals surface area contributed by atoms with E-state index in [1.807, 2.05) is 0 Å². The number of rotatable bonds is 5. The van der Waals surface area contributed by atoms with Crippen molar-refractivity contribution in [1.82, 2.24) is 9.80 Å². The van der Waals surface area contributed by atoms with Crippen LogP contribution >= 0.6 is 0 Å². The molecule has 3 nitrogen and oxygen atoms in total. The second kappa shape index (κ2) is 7.56. The Hall–Kier alpha value is -0.410. The summed E-state index contributed by atoms with van der Waals surface area (Å²) in [5, 5.41) is 0. The van der Waals surface area contributed by atoms with Crippen molar-refractivity contribution in [2.45, 2.75) is 46.0 Å². The highest BCUT2D eigenvalue weighted by atomic mass is 16.1. The maximum atomic E-state index is 12.1. The predicted octanol–water partition coefficient (Wildman–Crippen LogP) is 2.66. The number of Topliss-reactive ketones (excluding diaryl/α,β-unsaturated/α-hetero) is 1. The molecular formula is C17H32N2O. The summed E-state index contributed by atoms with van der Waals surface area (Å²) in [5.41, 5.74) is 0. The Bertz CT molecular complexity index is 300. The molecule has 2 saturated heterocycles. The fourth-order valence-corrected chi connectivity index (χ4v) is 3.62. The van der Waals surface area contributed by atoms with Gasteiger partial charge >= 0.3 is 0 Å². The van der Waals surface area contributed by atoms with E-state index in [0.717, 1.165) is 38.3 Å². The lowest BCUT2D eigenvalue weighted by Gasteiger charge is -2.36. The van der Waals surface area contributed by atoms with E-state index in [-0.39, 0.29) is 0 Å². The first-order valence-electron chi connectivity index (χ1n) is 8.48. The number of likely N-dealkylation sites (tertiary alicyclic amines) is 2. The molecule has 0 aromatic heterocycles. The molecule has 0 spiro atoms. The molecule has 0 bridgehead atoms. The summed E-state index contributed by atoms with van der Waals surface area (Å²) >= 11 is 0. The summed E-state index contributed by atoms with van der Waals surface area (Å²) in [6.07, 6.45) is 5.67. The zero-order chi connectivity index (χ0) is 14.5. The quantitative estimate of drug-likeness (QED) is 0.773. The van der Waals surface area contributed by atoms with Gasteiger partial charge in [0.25, 0.3) is 0 Å². The number of carbonyl (C=O) groups excluding carboxylic acids is 1. The van der Waals surface area contributed by atoms with Crippen molar-refractivity contribution in [3.63, 3.8) is 0 Å². The van der Waals surface area contributed by atoms with E-state index in [1.54, 1.807) is 0 Å². The van der Waals surface area contributed by atoms with Crippen LogP contribution in [0.1, 0.15) is 46.0 Å². The van der Waals surface area contributed by atoms with Crippen LogP contribution in [-0.2, 0) is 4.79 Å². The number of piperidine rings is 2. The third-order valence-electron chi connectivity index (χ3n) is 5.01. The van der Waals surface area contributed by atoms with Gasteiger partial charge in [-0.2, -0.15) is 0 Å². The summed E-state index contributed by atoms with van der Waals surface area (Å²) in [6.45, 7) is 10.4. The van der Waals surface area contributed by atoms with E-state index in [9.17, 15) is 4.79 Å². The van der Waals surface area contributed by atoms with E-state index >= 15 is 0 Å². The number of nitrogens with zero attached hydrogens (tertiary/aromatic N) is 2. The molecule has 2 heterocycles. The van der Waals surface area contributed by atoms with E-state index in [1.165, 1.54) is 32.5 Å². The summed E-state index contributed by atoms with van der Waals surface area (Å²) in [7, 11) is 2.22. The number of ketones is 1. The molecule has 2 fully saturated rings. The second-order valence-corrected chi connectivity index (χ2v) is 7.39. The highest BCUT2D eigenvalue weighted by molar-refractivity contribution is 5.81. The van der Waals surface area contributed by atoms with E-state index < -0.39 is 0 Å². The Labute approximate surface area is 124 Å². The zero-order valence-electron chi connectivity index (χ0n) is 13.6. The molecule has 0 aromatic rings. The highest BCUT2D eigenvalue weighted by Gasteiger charge is 2.27. The number of hydrogen-bond donors (Lipinski definition) is 0. The lowest BCUT2D eigenvalue weighted by molar-refractivity contribution is -0.125. The molecule has 0 aromatic carbocycles. The van der Waals surface area contributed by atoms with Crippen LogP contribution in [0.25, 0.3) is 0 Å². The third-order valence-corrected chi connectivity index (χ3v) is 5.01. The minimum absolute atomic E-state index is 0.353. The lowest BCUT2D eigenvalue weighted by Crippen LogP contribution is -2.41. The minimum atomic E-state index is 0.353. The molecule has 2 aliphatic heterocycles. The van der Waals surface area contributed by atoms with Crippen LogP contribution in [0.15, 0.2) is 0 Å². The third kappa shape index (κ3) is 4.85. The lowest BCUT2D eigenvalue weighted by atomic mass is 9.87. The van der Waals surface area contributed by atoms with E-state index in [2.05, 4.69) is 30.7 Å². The first-order valence-corrected chi connectivity index (χ1v) is 8.48. The fraction of sp³-hybridized carbons (Fsp3) is 0.941. The molecule has 0 atom stereocenters. The number of hydrogen-bond acceptors (Lipinski definition) is 3. The summed E-state index contributed by atoms with van der Waals surface area (Å²) < 4.78 is 0. The Morgan fingerprint density at radius 3 is 2.20 bits per heavy atom. The van der Waals surface area contributed by atoms with E-state index in [0.29, 0.717) is 17.6 Å². The van der Waals surface area contributed by atoms with Crippen molar-refractivity contribution < 1.29 is 4.79 Å². The van der Waals surface area contributed by atoms with Crippen molar-refractivity contribution >= 4 is 5.78 Å². The molecule has 20 heavy (non-hydrogen) atoms. The highest BCUT2D eigenvalue weighted by Crippen LogP contribution is 2.24. The van der Waals surface area contributed by atoms with Gasteiger partial charge in [0.2, 0.25) is 0 Å². The Balaban J connectivity index is 1.67. The van der Waals surface area contributed by atoms with Gasteiger partial charge in [-0.3, -0.25) is 4.79 Å². The van der Waals surface area contributed by atoms with Gasteiger partial charge in [0.15, 0.2) is 0 Å². The summed E-state index contributed by atoms with van der Waals surface area (Å²) in [6, 6.07) is 0. The molecule has 2 aliphatic rings. The van der Waals surface area contributed by atoms with Crippen LogP contribution in [0.4, 0.5) is 0 Å². The van der Waals surface area contributed by atoms with Crippen LogP contribution < -0.4 is 0 Å². The van der Waals surface area contributed by atoms with Gasteiger partial charge in [0, 0.05) is 18.9 Å². The maximum absolute atomic E-state index is 12.1. The molecule has 0 saturated carbocycles. The molecule has 2 rings (SSSR count). The average molecular weight is 280 g/mol. The van der Waals surface area contributed by atoms with Crippen LogP contribution in [-0.4, -0.2) is 55.4 Å². The van der Waals surface area contributed by atoms with Gasteiger partial charge in [0.05, 0.1) is 0 Å². The molecule has 0 unspecified atom stereocenters. The van der Waals surface area contributed by atoms with Gasteiger partial charge < -0.3 is 9.80 Å². The molecule has 0 radical (unpaired) electrons. The van der Waals surface area contributed by atoms with Crippen LogP contribution in [0, 0.1) is 17.8 Å². The fourth-order valence-electron chi connectivity index (χ4n) is 3.62. The Morgan fingerprint density at radius 2 is 1.65 bits per heavy atom. The predicted molar refractivity (Wildman–Crippen MR) is 83.8 cm³/mol. The van der Waals surface area contributed by atoms with Crippen LogP contribution in [0.5, 0.6) is 0 Å². The van der Waals surface area contributed by atoms with Crippen molar-refractivity contribution in [2.75, 3.05) is 39.8 Å². The molecule has 116 valence electrons. The van der Waals surface area contributed by atoms with Crippen LogP contribution in [0.3, 0.4) is 0 Å². The normalized spacial score (nSPS) is 24.4. The van der Waals surface area contributed by atoms with Gasteiger partial charge in [-0.15, -0.1) is 0 Å². The summed E-state index contributed by atoms with van der Waals surface area (Å²) in [4.78, 5) is 17.2. The first kappa shape index (κ1) is 16.0. The van der Waals surface area contributed by atoms with Crippen molar-refractivity contribution in [3.05, 3.63) is 0 Å². The Morgan fingerprint density at radius 1 is 1.05 bits per heavy atom. The van der Waals surface area contributed by atoms with Gasteiger partial charge in [-0.25, -0.2) is 0 Å². The van der Waals surface area contributed by atoms with Crippen molar-refractivity contribution in [1.29, 1.82) is 0 Å². The first-order chi connectivity index (χ1) is 9.54. The second-order valence-electron chi connectivity index (χ2n) is 7.39. The van der Waals surface area contributed by atoms with Crippen LogP contribution in [0.2, 0.25) is 0 Å². The smallest absolute Gasteiger partial charge is 0.136 e. The average Bonchev–Trinajstić information content (AvgIpc) is 2.41. The molecule has 0 amide bonds. The van der Waals surface area contributed by atoms with Gasteiger partial charge in [-0.1, -0.05) is 13.8 Å². The topological polar surface area (TPSA) is 23.6 Å².